The predicted octanol–water partition coefficient (Wildman–Crippen LogP) is 5.83. The zero-order valence-corrected chi connectivity index (χ0v) is 19.7. The lowest BCUT2D eigenvalue weighted by Gasteiger charge is -2.41. The van der Waals surface area contributed by atoms with E-state index in [1.54, 1.807) is 23.1 Å². The van der Waals surface area contributed by atoms with Crippen molar-refractivity contribution in [2.75, 3.05) is 24.7 Å². The molecule has 3 rings (SSSR count). The molecule has 0 spiro atoms. The molecule has 4 nitrogen and oxygen atoms in total. The fraction of sp³-hybridized carbons (Fsp3) is 0.478. The van der Waals surface area contributed by atoms with Crippen LogP contribution in [0.3, 0.4) is 0 Å². The minimum absolute atomic E-state index is 0.408. The van der Waals surface area contributed by atoms with E-state index in [1.807, 2.05) is 37.4 Å². The van der Waals surface area contributed by atoms with Crippen LogP contribution in [0.4, 0.5) is 11.4 Å². The van der Waals surface area contributed by atoms with E-state index in [0.717, 1.165) is 47.5 Å². The fourth-order valence-corrected chi connectivity index (χ4v) is 6.71. The number of aryl methyl sites for hydroxylation is 1. The van der Waals surface area contributed by atoms with Gasteiger partial charge in [-0.2, -0.15) is 4.31 Å². The molecule has 0 aromatic heterocycles. The van der Waals surface area contributed by atoms with E-state index in [4.69, 9.17) is 0 Å². The maximum atomic E-state index is 13.8. The Bertz CT molecular complexity index is 960. The SMILES string of the molecule is CCCCC1(CC)CN(c2ccccc2)c2cc(SC)c(C)cc2S(=O)(=O)N1C. The van der Waals surface area contributed by atoms with Gasteiger partial charge in [0.25, 0.3) is 0 Å². The van der Waals surface area contributed by atoms with Crippen LogP contribution in [0.2, 0.25) is 0 Å². The van der Waals surface area contributed by atoms with E-state index < -0.39 is 15.6 Å². The highest BCUT2D eigenvalue weighted by atomic mass is 32.2. The van der Waals surface area contributed by atoms with Gasteiger partial charge in [0.2, 0.25) is 10.0 Å². The average molecular weight is 433 g/mol. The summed E-state index contributed by atoms with van der Waals surface area (Å²) in [5.41, 5.74) is 2.37. The molecule has 158 valence electrons. The quantitative estimate of drug-likeness (QED) is 0.539. The summed E-state index contributed by atoms with van der Waals surface area (Å²) in [7, 11) is -1.84. The van der Waals surface area contributed by atoms with Crippen LogP contribution in [-0.2, 0) is 10.0 Å². The Morgan fingerprint density at radius 1 is 1.14 bits per heavy atom. The van der Waals surface area contributed by atoms with Gasteiger partial charge in [-0.15, -0.1) is 11.8 Å². The first-order chi connectivity index (χ1) is 13.8. The molecule has 1 atom stereocenters. The number of anilines is 2. The molecule has 0 fully saturated rings. The number of sulfonamides is 1. The number of hydrogen-bond donors (Lipinski definition) is 0. The molecule has 0 bridgehead atoms. The molecule has 2 aromatic carbocycles. The van der Waals surface area contributed by atoms with Crippen molar-refractivity contribution in [2.45, 2.75) is 61.8 Å². The molecular weight excluding hydrogens is 400 g/mol. The normalized spacial score (nSPS) is 21.6. The summed E-state index contributed by atoms with van der Waals surface area (Å²) >= 11 is 1.66. The van der Waals surface area contributed by atoms with Crippen molar-refractivity contribution >= 4 is 33.2 Å². The molecule has 1 aliphatic heterocycles. The van der Waals surface area contributed by atoms with E-state index in [2.05, 4.69) is 36.9 Å². The molecule has 6 heteroatoms. The molecule has 0 N–H and O–H groups in total. The smallest absolute Gasteiger partial charge is 0.245 e. The van der Waals surface area contributed by atoms with Crippen LogP contribution in [0, 0.1) is 6.92 Å². The van der Waals surface area contributed by atoms with Gasteiger partial charge in [0.05, 0.1) is 11.2 Å². The van der Waals surface area contributed by atoms with Crippen LogP contribution in [0.5, 0.6) is 0 Å². The Morgan fingerprint density at radius 3 is 2.41 bits per heavy atom. The van der Waals surface area contributed by atoms with E-state index in [0.29, 0.717) is 11.4 Å². The number of para-hydroxylation sites is 1. The molecular formula is C23H32N2O2S2. The van der Waals surface area contributed by atoms with Gasteiger partial charge < -0.3 is 4.90 Å². The average Bonchev–Trinajstić information content (AvgIpc) is 2.80. The van der Waals surface area contributed by atoms with Gasteiger partial charge in [-0.25, -0.2) is 8.42 Å². The van der Waals surface area contributed by atoms with Crippen LogP contribution in [0.25, 0.3) is 0 Å². The molecule has 1 heterocycles. The van der Waals surface area contributed by atoms with Gasteiger partial charge in [0.1, 0.15) is 4.90 Å². The summed E-state index contributed by atoms with van der Waals surface area (Å²) in [6, 6.07) is 14.1. The molecule has 0 amide bonds. The molecule has 29 heavy (non-hydrogen) atoms. The molecule has 1 aliphatic rings. The number of unbranched alkanes of at least 4 members (excludes halogenated alkanes) is 1. The molecule has 1 unspecified atom stereocenters. The Morgan fingerprint density at radius 2 is 1.83 bits per heavy atom. The minimum atomic E-state index is -3.61. The van der Waals surface area contributed by atoms with E-state index >= 15 is 0 Å². The Hall–Kier alpha value is -1.50. The number of likely N-dealkylation sites (N-methyl/N-ethyl adjacent to an activating group) is 1. The highest BCUT2D eigenvalue weighted by Gasteiger charge is 2.46. The van der Waals surface area contributed by atoms with Crippen molar-refractivity contribution in [1.29, 1.82) is 0 Å². The summed E-state index contributed by atoms with van der Waals surface area (Å²) in [6.45, 7) is 6.91. The van der Waals surface area contributed by atoms with Gasteiger partial charge >= 0.3 is 0 Å². The molecule has 2 aromatic rings. The number of thioether (sulfide) groups is 1. The first-order valence-corrected chi connectivity index (χ1v) is 13.0. The largest absolute Gasteiger partial charge is 0.338 e. The van der Waals surface area contributed by atoms with Crippen LogP contribution >= 0.6 is 11.8 Å². The van der Waals surface area contributed by atoms with Crippen molar-refractivity contribution in [3.63, 3.8) is 0 Å². The summed E-state index contributed by atoms with van der Waals surface area (Å²) in [4.78, 5) is 3.74. The maximum absolute atomic E-state index is 13.8. The third-order valence-corrected chi connectivity index (χ3v) is 9.12. The van der Waals surface area contributed by atoms with Crippen molar-refractivity contribution in [1.82, 2.24) is 4.31 Å². The lowest BCUT2D eigenvalue weighted by Crippen LogP contribution is -2.53. The zero-order chi connectivity index (χ0) is 21.2. The lowest BCUT2D eigenvalue weighted by atomic mass is 9.88. The first kappa shape index (κ1) is 22.2. The lowest BCUT2D eigenvalue weighted by molar-refractivity contribution is 0.198. The van der Waals surface area contributed by atoms with Crippen molar-refractivity contribution in [3.8, 4) is 0 Å². The highest BCUT2D eigenvalue weighted by Crippen LogP contribution is 2.44. The van der Waals surface area contributed by atoms with Crippen molar-refractivity contribution in [2.24, 2.45) is 0 Å². The third-order valence-electron chi connectivity index (χ3n) is 6.25. The molecule has 0 saturated carbocycles. The number of rotatable bonds is 6. The van der Waals surface area contributed by atoms with Crippen LogP contribution < -0.4 is 4.90 Å². The fourth-order valence-electron chi connectivity index (χ4n) is 4.26. The number of benzene rings is 2. The van der Waals surface area contributed by atoms with Crippen LogP contribution in [0.15, 0.2) is 52.3 Å². The first-order valence-electron chi connectivity index (χ1n) is 10.3. The molecule has 0 saturated heterocycles. The Labute approximate surface area is 180 Å². The Kier molecular flexibility index (Phi) is 6.66. The van der Waals surface area contributed by atoms with Crippen molar-refractivity contribution < 1.29 is 8.42 Å². The minimum Gasteiger partial charge on any atom is -0.338 e. The van der Waals surface area contributed by atoms with Gasteiger partial charge in [-0.05, 0) is 55.9 Å². The highest BCUT2D eigenvalue weighted by molar-refractivity contribution is 7.98. The van der Waals surface area contributed by atoms with Gasteiger partial charge in [0.15, 0.2) is 0 Å². The van der Waals surface area contributed by atoms with Crippen molar-refractivity contribution in [3.05, 3.63) is 48.0 Å². The van der Waals surface area contributed by atoms with E-state index in [-0.39, 0.29) is 0 Å². The molecule has 0 aliphatic carbocycles. The van der Waals surface area contributed by atoms with E-state index in [9.17, 15) is 8.42 Å². The second kappa shape index (κ2) is 8.70. The maximum Gasteiger partial charge on any atom is 0.245 e. The zero-order valence-electron chi connectivity index (χ0n) is 18.1. The van der Waals surface area contributed by atoms with Crippen LogP contribution in [-0.4, -0.2) is 38.1 Å². The summed E-state index contributed by atoms with van der Waals surface area (Å²) in [6.07, 6.45) is 5.71. The summed E-state index contributed by atoms with van der Waals surface area (Å²) in [5, 5.41) is 0. The van der Waals surface area contributed by atoms with Gasteiger partial charge in [-0.1, -0.05) is 44.9 Å². The predicted molar refractivity (Wildman–Crippen MR) is 124 cm³/mol. The Balaban J connectivity index is 2.31. The topological polar surface area (TPSA) is 40.6 Å². The third kappa shape index (κ3) is 3.94. The van der Waals surface area contributed by atoms with Crippen LogP contribution in [0.1, 0.15) is 45.1 Å². The number of nitrogens with zero attached hydrogens (tertiary/aromatic N) is 2. The second-order valence-electron chi connectivity index (χ2n) is 7.87. The van der Waals surface area contributed by atoms with Gasteiger partial charge in [0, 0.05) is 24.2 Å². The standard InChI is InChI=1S/C23H32N2O2S2/c1-6-8-14-23(7-2)17-25(19-12-10-9-11-13-19)20-16-21(28-5)18(3)15-22(20)29(26,27)24(23)4/h9-13,15-16H,6-8,14,17H2,1-5H3. The molecule has 0 radical (unpaired) electrons. The second-order valence-corrected chi connectivity index (χ2v) is 10.7. The van der Waals surface area contributed by atoms with E-state index in [1.165, 1.54) is 0 Å². The summed E-state index contributed by atoms with van der Waals surface area (Å²) in [5.74, 6) is 0. The monoisotopic (exact) mass is 432 g/mol. The van der Waals surface area contributed by atoms with Gasteiger partial charge in [-0.3, -0.25) is 0 Å². The number of hydrogen-bond acceptors (Lipinski definition) is 4. The number of fused-ring (bicyclic) bond motifs is 1. The summed E-state index contributed by atoms with van der Waals surface area (Å²) < 4.78 is 29.2.